The Kier molecular flexibility index (Phi) is 13.7. The summed E-state index contributed by atoms with van der Waals surface area (Å²) in [5, 5.41) is 10.9. The minimum atomic E-state index is -3.54. The predicted molar refractivity (Wildman–Crippen MR) is 213 cm³/mol. The molecule has 0 radical (unpaired) electrons. The van der Waals surface area contributed by atoms with Crippen molar-refractivity contribution in [2.45, 2.75) is 98.8 Å². The molecule has 310 valence electrons. The molecule has 1 saturated heterocycles. The summed E-state index contributed by atoms with van der Waals surface area (Å²) in [5.74, 6) is -2.31. The van der Waals surface area contributed by atoms with Gasteiger partial charge in [0.2, 0.25) is 34.2 Å². The third-order valence-electron chi connectivity index (χ3n) is 11.3. The van der Waals surface area contributed by atoms with E-state index in [0.717, 1.165) is 27.3 Å². The first-order valence-electron chi connectivity index (χ1n) is 19.1. The minimum Gasteiger partial charge on any atom is -0.354 e. The average molecular weight is 803 g/mol. The van der Waals surface area contributed by atoms with E-state index in [9.17, 15) is 36.4 Å². The second kappa shape index (κ2) is 17.2. The molecule has 2 aromatic rings. The summed E-state index contributed by atoms with van der Waals surface area (Å²) in [7, 11) is -2.12. The summed E-state index contributed by atoms with van der Waals surface area (Å²) >= 11 is 0. The molecule has 0 aromatic heterocycles. The Labute approximate surface area is 331 Å². The van der Waals surface area contributed by atoms with Crippen molar-refractivity contribution in [3.05, 3.63) is 60.2 Å². The fraction of sp³-hybridized carbons (Fsp3) is 0.610. The first-order valence-corrected chi connectivity index (χ1v) is 21.0. The van der Waals surface area contributed by atoms with Gasteiger partial charge in [-0.25, -0.2) is 26.3 Å². The fourth-order valence-corrected chi connectivity index (χ4v) is 7.92. The van der Waals surface area contributed by atoms with Crippen molar-refractivity contribution >= 4 is 33.8 Å². The summed E-state index contributed by atoms with van der Waals surface area (Å²) < 4.78 is 53.1. The number of halogens is 2. The van der Waals surface area contributed by atoms with Crippen LogP contribution < -0.4 is 21.3 Å². The van der Waals surface area contributed by atoms with Crippen molar-refractivity contribution in [2.24, 2.45) is 28.1 Å². The maximum atomic E-state index is 14.4. The van der Waals surface area contributed by atoms with Crippen LogP contribution in [-0.2, 0) is 30.8 Å². The van der Waals surface area contributed by atoms with Gasteiger partial charge in [0, 0.05) is 39.1 Å². The first-order chi connectivity index (χ1) is 25.8. The Morgan fingerprint density at radius 1 is 0.893 bits per heavy atom. The molecular formula is C41H60F2N6O6S. The number of carbonyl (C=O) groups excluding carboxylic acids is 4. The molecule has 0 bridgehead atoms. The van der Waals surface area contributed by atoms with E-state index in [2.05, 4.69) is 21.3 Å². The van der Waals surface area contributed by atoms with E-state index in [1.807, 2.05) is 89.2 Å². The number of hydrogen-bond donors (Lipinski definition) is 4. The SMILES string of the molecule is CN(C[C@@H](NC(=O)N[C@H](C(=O)N1C[C@H]2[C@@H]([C@H]1C(=O)N[C@@H](CC(F)F)C(=O)NCCc1ccc(-c3ccccc3)cc1)C2(C)C)C(C)(C)C)C(C)(C)C)S(C)(=O)=O. The zero-order valence-corrected chi connectivity index (χ0v) is 35.1. The molecule has 1 aliphatic carbocycles. The number of likely N-dealkylation sites (tertiary alicyclic amines) is 1. The summed E-state index contributed by atoms with van der Waals surface area (Å²) in [6.45, 7) is 15.2. The fourth-order valence-electron chi connectivity index (χ4n) is 7.50. The van der Waals surface area contributed by atoms with Crippen LogP contribution in [0.25, 0.3) is 11.1 Å². The number of piperidine rings is 1. The van der Waals surface area contributed by atoms with E-state index >= 15 is 0 Å². The van der Waals surface area contributed by atoms with E-state index in [1.165, 1.54) is 11.9 Å². The van der Waals surface area contributed by atoms with Gasteiger partial charge in [-0.05, 0) is 51.2 Å². The Morgan fingerprint density at radius 2 is 1.48 bits per heavy atom. The van der Waals surface area contributed by atoms with Crippen LogP contribution in [0.3, 0.4) is 0 Å². The Balaban J connectivity index is 1.46. The quantitative estimate of drug-likeness (QED) is 0.206. The van der Waals surface area contributed by atoms with Crippen LogP contribution in [0.1, 0.15) is 67.4 Å². The molecule has 0 spiro atoms. The number of alkyl halides is 2. The molecule has 4 N–H and O–H groups in total. The lowest BCUT2D eigenvalue weighted by Gasteiger charge is -2.39. The topological polar surface area (TPSA) is 157 Å². The van der Waals surface area contributed by atoms with Crippen molar-refractivity contribution in [1.82, 2.24) is 30.5 Å². The molecule has 2 fully saturated rings. The molecule has 0 unspecified atom stereocenters. The number of nitrogens with one attached hydrogen (secondary N) is 4. The lowest BCUT2D eigenvalue weighted by Crippen LogP contribution is -2.62. The smallest absolute Gasteiger partial charge is 0.315 e. The zero-order chi connectivity index (χ0) is 42.0. The lowest BCUT2D eigenvalue weighted by atomic mass is 9.85. The largest absolute Gasteiger partial charge is 0.354 e. The van der Waals surface area contributed by atoms with Gasteiger partial charge < -0.3 is 26.2 Å². The van der Waals surface area contributed by atoms with E-state index in [1.54, 1.807) is 20.8 Å². The van der Waals surface area contributed by atoms with Crippen LogP contribution in [0.15, 0.2) is 54.6 Å². The number of amides is 5. The van der Waals surface area contributed by atoms with Crippen LogP contribution in [0, 0.1) is 28.1 Å². The van der Waals surface area contributed by atoms with Crippen LogP contribution in [0.5, 0.6) is 0 Å². The highest BCUT2D eigenvalue weighted by Gasteiger charge is 2.70. The van der Waals surface area contributed by atoms with Crippen molar-refractivity contribution in [2.75, 3.05) is 32.9 Å². The normalized spacial score (nSPS) is 20.8. The number of rotatable bonds is 15. The number of fused-ring (bicyclic) bond motifs is 1. The molecule has 12 nitrogen and oxygen atoms in total. The summed E-state index contributed by atoms with van der Waals surface area (Å²) in [4.78, 5) is 56.7. The van der Waals surface area contributed by atoms with Crippen LogP contribution >= 0.6 is 0 Å². The molecule has 1 saturated carbocycles. The van der Waals surface area contributed by atoms with Crippen LogP contribution in [-0.4, -0.2) is 105 Å². The molecule has 2 aromatic carbocycles. The van der Waals surface area contributed by atoms with E-state index in [-0.39, 0.29) is 36.9 Å². The third-order valence-corrected chi connectivity index (χ3v) is 12.6. The van der Waals surface area contributed by atoms with Crippen LogP contribution in [0.4, 0.5) is 13.6 Å². The Hall–Kier alpha value is -4.11. The van der Waals surface area contributed by atoms with Gasteiger partial charge in [0.25, 0.3) is 0 Å². The van der Waals surface area contributed by atoms with Gasteiger partial charge in [-0.2, -0.15) is 0 Å². The van der Waals surface area contributed by atoms with E-state index in [0.29, 0.717) is 6.42 Å². The Morgan fingerprint density at radius 3 is 2.02 bits per heavy atom. The molecule has 1 heterocycles. The molecule has 4 rings (SSSR count). The maximum Gasteiger partial charge on any atom is 0.315 e. The predicted octanol–water partition coefficient (Wildman–Crippen LogP) is 4.66. The highest BCUT2D eigenvalue weighted by atomic mass is 32.2. The summed E-state index contributed by atoms with van der Waals surface area (Å²) in [5.41, 5.74) is 1.33. The van der Waals surface area contributed by atoms with Gasteiger partial charge in [-0.3, -0.25) is 14.4 Å². The average Bonchev–Trinajstić information content (AvgIpc) is 3.39. The standard InChI is InChI=1S/C41H60F2N6O6S/c1-39(2,3)30(24-48(9)56(10,54)55)46-38(53)47-34(40(4,5)6)37(52)49-23-28-32(41(28,7)8)33(49)36(51)45-29(22-31(42)43)35(50)44-21-20-25-16-18-27(19-17-25)26-14-12-11-13-15-26/h11-19,28-34H,20-24H2,1-10H3,(H,44,50)(H,45,51)(H2,46,47,53)/t28-,29-,30+,32-,33-,34+/m0/s1. The van der Waals surface area contributed by atoms with E-state index in [4.69, 9.17) is 0 Å². The van der Waals surface area contributed by atoms with Crippen molar-refractivity contribution in [1.29, 1.82) is 0 Å². The van der Waals surface area contributed by atoms with Gasteiger partial charge in [-0.15, -0.1) is 0 Å². The number of sulfonamides is 1. The molecule has 15 heteroatoms. The number of benzene rings is 2. The van der Waals surface area contributed by atoms with Gasteiger partial charge in [-0.1, -0.05) is 110 Å². The van der Waals surface area contributed by atoms with Crippen molar-refractivity contribution in [3.63, 3.8) is 0 Å². The lowest BCUT2D eigenvalue weighted by molar-refractivity contribution is -0.144. The minimum absolute atomic E-state index is 0.00803. The summed E-state index contributed by atoms with van der Waals surface area (Å²) in [6.07, 6.45) is -2.27. The van der Waals surface area contributed by atoms with Gasteiger partial charge >= 0.3 is 6.03 Å². The van der Waals surface area contributed by atoms with Gasteiger partial charge in [0.15, 0.2) is 0 Å². The molecule has 5 amide bonds. The number of hydrogen-bond acceptors (Lipinski definition) is 6. The van der Waals surface area contributed by atoms with Gasteiger partial charge in [0.1, 0.15) is 18.1 Å². The molecule has 56 heavy (non-hydrogen) atoms. The second-order valence-electron chi connectivity index (χ2n) is 18.1. The summed E-state index contributed by atoms with van der Waals surface area (Å²) in [6, 6.07) is 12.7. The first kappa shape index (κ1) is 44.6. The highest BCUT2D eigenvalue weighted by Crippen LogP contribution is 2.65. The third kappa shape index (κ3) is 11.0. The molecule has 2 aliphatic rings. The van der Waals surface area contributed by atoms with Crippen molar-refractivity contribution < 1.29 is 36.4 Å². The number of nitrogens with zero attached hydrogens (tertiary/aromatic N) is 2. The Bertz CT molecular complexity index is 1830. The van der Waals surface area contributed by atoms with Crippen molar-refractivity contribution in [3.8, 4) is 11.1 Å². The zero-order valence-electron chi connectivity index (χ0n) is 34.3. The van der Waals surface area contributed by atoms with Crippen LogP contribution in [0.2, 0.25) is 0 Å². The molecule has 1 aliphatic heterocycles. The number of likely N-dealkylation sites (N-methyl/N-ethyl adjacent to an activating group) is 1. The molecular weight excluding hydrogens is 743 g/mol. The number of urea groups is 1. The maximum absolute atomic E-state index is 14.4. The van der Waals surface area contributed by atoms with Gasteiger partial charge in [0.05, 0.1) is 6.26 Å². The second-order valence-corrected chi connectivity index (χ2v) is 20.1. The molecule has 6 atom stereocenters. The highest BCUT2D eigenvalue weighted by molar-refractivity contribution is 7.88. The monoisotopic (exact) mass is 802 g/mol. The van der Waals surface area contributed by atoms with E-state index < -0.39 is 81.6 Å². The number of carbonyl (C=O) groups is 4.